The Balaban J connectivity index is 1.78. The van der Waals surface area contributed by atoms with Gasteiger partial charge in [0.25, 0.3) is 0 Å². The summed E-state index contributed by atoms with van der Waals surface area (Å²) in [5.74, 6) is -0.0377. The Morgan fingerprint density at radius 2 is 2.23 bits per heavy atom. The quantitative estimate of drug-likeness (QED) is 0.641. The highest BCUT2D eigenvalue weighted by atomic mass is 19.1. The van der Waals surface area contributed by atoms with Gasteiger partial charge in [-0.05, 0) is 6.42 Å². The second-order valence-electron chi connectivity index (χ2n) is 3.35. The Kier molecular flexibility index (Phi) is 2.93. The molecule has 2 rings (SSSR count). The first kappa shape index (κ1) is 9.12. The standard InChI is InChI=1S/C9H14FNO2/c10-8-2-1-3-11(6-8)7-9-12-4-5-13-9/h2,9H,1,3-7H2. The number of nitrogens with zero attached hydrogens (tertiary/aromatic N) is 1. The highest BCUT2D eigenvalue weighted by molar-refractivity contribution is 4.99. The topological polar surface area (TPSA) is 21.7 Å². The number of hydrogen-bond acceptors (Lipinski definition) is 3. The lowest BCUT2D eigenvalue weighted by molar-refractivity contribution is -0.0616. The maximum absolute atomic E-state index is 12.8. The van der Waals surface area contributed by atoms with Crippen molar-refractivity contribution in [3.8, 4) is 0 Å². The average Bonchev–Trinajstić information content (AvgIpc) is 2.57. The van der Waals surface area contributed by atoms with Crippen molar-refractivity contribution in [3.05, 3.63) is 11.9 Å². The SMILES string of the molecule is FC1=CCCN(CC2OCCO2)C1. The molecule has 1 fully saturated rings. The van der Waals surface area contributed by atoms with Crippen LogP contribution in [-0.4, -0.2) is 44.0 Å². The van der Waals surface area contributed by atoms with Crippen LogP contribution in [0.15, 0.2) is 11.9 Å². The second-order valence-corrected chi connectivity index (χ2v) is 3.35. The summed E-state index contributed by atoms with van der Waals surface area (Å²) in [6.45, 7) is 3.31. The summed E-state index contributed by atoms with van der Waals surface area (Å²) in [5, 5.41) is 0. The minimum Gasteiger partial charge on any atom is -0.349 e. The summed E-state index contributed by atoms with van der Waals surface area (Å²) >= 11 is 0. The molecule has 3 nitrogen and oxygen atoms in total. The molecule has 0 unspecified atom stereocenters. The molecule has 2 aliphatic heterocycles. The molecule has 13 heavy (non-hydrogen) atoms. The molecule has 0 aromatic rings. The van der Waals surface area contributed by atoms with E-state index in [2.05, 4.69) is 0 Å². The third kappa shape index (κ3) is 2.49. The van der Waals surface area contributed by atoms with E-state index in [4.69, 9.17) is 9.47 Å². The van der Waals surface area contributed by atoms with Crippen molar-refractivity contribution in [1.82, 2.24) is 4.90 Å². The number of rotatable bonds is 2. The monoisotopic (exact) mass is 187 g/mol. The highest BCUT2D eigenvalue weighted by Crippen LogP contribution is 2.13. The van der Waals surface area contributed by atoms with E-state index < -0.39 is 0 Å². The van der Waals surface area contributed by atoms with Gasteiger partial charge in [0.1, 0.15) is 5.83 Å². The molecule has 0 radical (unpaired) electrons. The van der Waals surface area contributed by atoms with Gasteiger partial charge in [0.05, 0.1) is 19.8 Å². The Bertz CT molecular complexity index is 202. The fourth-order valence-corrected chi connectivity index (χ4v) is 1.64. The van der Waals surface area contributed by atoms with Crippen LogP contribution in [0.3, 0.4) is 0 Å². The van der Waals surface area contributed by atoms with Crippen LogP contribution in [0.5, 0.6) is 0 Å². The summed E-state index contributed by atoms with van der Waals surface area (Å²) in [4.78, 5) is 2.02. The Hall–Kier alpha value is -0.450. The molecule has 1 saturated heterocycles. The Morgan fingerprint density at radius 3 is 2.92 bits per heavy atom. The van der Waals surface area contributed by atoms with Crippen molar-refractivity contribution in [2.24, 2.45) is 0 Å². The summed E-state index contributed by atoms with van der Waals surface area (Å²) in [7, 11) is 0. The Morgan fingerprint density at radius 1 is 1.46 bits per heavy atom. The molecule has 0 bridgehead atoms. The van der Waals surface area contributed by atoms with E-state index in [1.807, 2.05) is 4.90 Å². The smallest absolute Gasteiger partial charge is 0.170 e. The molecular formula is C9H14FNO2. The first-order valence-electron chi connectivity index (χ1n) is 4.65. The van der Waals surface area contributed by atoms with Crippen LogP contribution in [0.25, 0.3) is 0 Å². The van der Waals surface area contributed by atoms with E-state index in [-0.39, 0.29) is 12.1 Å². The van der Waals surface area contributed by atoms with Crippen LogP contribution in [0.1, 0.15) is 6.42 Å². The van der Waals surface area contributed by atoms with Crippen molar-refractivity contribution in [2.45, 2.75) is 12.7 Å². The molecule has 2 aliphatic rings. The zero-order valence-electron chi connectivity index (χ0n) is 7.54. The molecular weight excluding hydrogens is 173 g/mol. The van der Waals surface area contributed by atoms with Crippen LogP contribution >= 0.6 is 0 Å². The van der Waals surface area contributed by atoms with E-state index in [1.54, 1.807) is 6.08 Å². The van der Waals surface area contributed by atoms with Gasteiger partial charge in [-0.15, -0.1) is 0 Å². The Labute approximate surface area is 77.1 Å². The van der Waals surface area contributed by atoms with E-state index in [1.165, 1.54) is 0 Å². The summed E-state index contributed by atoms with van der Waals surface area (Å²) in [6.07, 6.45) is 2.29. The number of halogens is 1. The summed E-state index contributed by atoms with van der Waals surface area (Å²) < 4.78 is 23.4. The normalized spacial score (nSPS) is 26.4. The molecule has 0 spiro atoms. The van der Waals surface area contributed by atoms with E-state index in [0.29, 0.717) is 26.3 Å². The number of ether oxygens (including phenoxy) is 2. The minimum atomic E-state index is -0.147. The lowest BCUT2D eigenvalue weighted by Gasteiger charge is -2.25. The van der Waals surface area contributed by atoms with Gasteiger partial charge in [0, 0.05) is 13.1 Å². The van der Waals surface area contributed by atoms with Crippen LogP contribution in [0, 0.1) is 0 Å². The van der Waals surface area contributed by atoms with Crippen molar-refractivity contribution in [3.63, 3.8) is 0 Å². The van der Waals surface area contributed by atoms with Crippen molar-refractivity contribution in [1.29, 1.82) is 0 Å². The van der Waals surface area contributed by atoms with Gasteiger partial charge in [0.15, 0.2) is 6.29 Å². The third-order valence-electron chi connectivity index (χ3n) is 2.28. The van der Waals surface area contributed by atoms with Crippen molar-refractivity contribution in [2.75, 3.05) is 32.8 Å². The largest absolute Gasteiger partial charge is 0.349 e. The molecule has 0 saturated carbocycles. The molecule has 0 aromatic carbocycles. The molecule has 0 aliphatic carbocycles. The molecule has 74 valence electrons. The maximum atomic E-state index is 12.8. The second kappa shape index (κ2) is 4.17. The molecule has 4 heteroatoms. The molecule has 0 aromatic heterocycles. The summed E-state index contributed by atoms with van der Waals surface area (Å²) in [5.41, 5.74) is 0. The fourth-order valence-electron chi connectivity index (χ4n) is 1.64. The van der Waals surface area contributed by atoms with Crippen LogP contribution in [-0.2, 0) is 9.47 Å². The highest BCUT2D eigenvalue weighted by Gasteiger charge is 2.21. The third-order valence-corrected chi connectivity index (χ3v) is 2.28. The van der Waals surface area contributed by atoms with E-state index >= 15 is 0 Å². The predicted molar refractivity (Wildman–Crippen MR) is 45.9 cm³/mol. The van der Waals surface area contributed by atoms with E-state index in [9.17, 15) is 4.39 Å². The van der Waals surface area contributed by atoms with Crippen LogP contribution in [0.2, 0.25) is 0 Å². The lowest BCUT2D eigenvalue weighted by atomic mass is 10.2. The maximum Gasteiger partial charge on any atom is 0.170 e. The van der Waals surface area contributed by atoms with Gasteiger partial charge in [-0.2, -0.15) is 0 Å². The molecule has 0 atom stereocenters. The van der Waals surface area contributed by atoms with Crippen LogP contribution < -0.4 is 0 Å². The van der Waals surface area contributed by atoms with Crippen LogP contribution in [0.4, 0.5) is 4.39 Å². The molecule has 0 amide bonds. The van der Waals surface area contributed by atoms with Gasteiger partial charge in [-0.1, -0.05) is 6.08 Å². The van der Waals surface area contributed by atoms with Crippen molar-refractivity contribution < 1.29 is 13.9 Å². The van der Waals surface area contributed by atoms with Gasteiger partial charge >= 0.3 is 0 Å². The van der Waals surface area contributed by atoms with Gasteiger partial charge in [-0.25, -0.2) is 4.39 Å². The van der Waals surface area contributed by atoms with Gasteiger partial charge in [0.2, 0.25) is 0 Å². The van der Waals surface area contributed by atoms with Gasteiger partial charge in [-0.3, -0.25) is 4.90 Å². The molecule has 2 heterocycles. The minimum absolute atomic E-state index is 0.0377. The lowest BCUT2D eigenvalue weighted by Crippen LogP contribution is -2.36. The zero-order valence-corrected chi connectivity index (χ0v) is 7.54. The average molecular weight is 187 g/mol. The first-order chi connectivity index (χ1) is 6.34. The first-order valence-corrected chi connectivity index (χ1v) is 4.65. The molecule has 0 N–H and O–H groups in total. The van der Waals surface area contributed by atoms with Crippen molar-refractivity contribution >= 4 is 0 Å². The van der Waals surface area contributed by atoms with Gasteiger partial charge < -0.3 is 9.47 Å². The summed E-state index contributed by atoms with van der Waals surface area (Å²) in [6, 6.07) is 0. The number of hydrogen-bond donors (Lipinski definition) is 0. The fraction of sp³-hybridized carbons (Fsp3) is 0.778. The predicted octanol–water partition coefficient (Wildman–Crippen LogP) is 0.918. The van der Waals surface area contributed by atoms with E-state index in [0.717, 1.165) is 13.0 Å². The zero-order chi connectivity index (χ0) is 9.10.